The van der Waals surface area contributed by atoms with Crippen molar-refractivity contribution in [2.45, 2.75) is 64.2 Å². The van der Waals surface area contributed by atoms with Gasteiger partial charge in [-0.15, -0.1) is 0 Å². The van der Waals surface area contributed by atoms with Crippen molar-refractivity contribution in [1.82, 2.24) is 0 Å². The Labute approximate surface area is 93.5 Å². The van der Waals surface area contributed by atoms with Gasteiger partial charge >= 0.3 is 0 Å². The van der Waals surface area contributed by atoms with Crippen molar-refractivity contribution < 1.29 is 0 Å². The molecule has 15 heavy (non-hydrogen) atoms. The molecule has 0 spiro atoms. The molecule has 0 heterocycles. The molecule has 0 amide bonds. The second kappa shape index (κ2) is 7.61. The van der Waals surface area contributed by atoms with E-state index in [1.54, 1.807) is 0 Å². The molecule has 0 saturated heterocycles. The summed E-state index contributed by atoms with van der Waals surface area (Å²) < 4.78 is 0. The summed E-state index contributed by atoms with van der Waals surface area (Å²) in [5.74, 6) is 0.376. The molecule has 2 heteroatoms. The smallest absolute Gasteiger partial charge is 0.0520 e. The summed E-state index contributed by atoms with van der Waals surface area (Å²) in [6.07, 6.45) is 14.2. The summed E-state index contributed by atoms with van der Waals surface area (Å²) >= 11 is 0. The standard InChI is InChI=1S/C13H24N2/c14-11-13(15)12-9-7-5-3-1-2-4-6-8-10-12/h11-12,14-15H,1-10H2. The van der Waals surface area contributed by atoms with Gasteiger partial charge in [0.25, 0.3) is 0 Å². The fourth-order valence-electron chi connectivity index (χ4n) is 2.42. The van der Waals surface area contributed by atoms with Crippen LogP contribution < -0.4 is 0 Å². The van der Waals surface area contributed by atoms with Gasteiger partial charge in [-0.25, -0.2) is 0 Å². The van der Waals surface area contributed by atoms with Crippen LogP contribution in [-0.4, -0.2) is 11.9 Å². The highest BCUT2D eigenvalue weighted by molar-refractivity contribution is 6.28. The normalized spacial score (nSPS) is 21.6. The second-order valence-corrected chi connectivity index (χ2v) is 4.70. The molecule has 2 N–H and O–H groups in total. The van der Waals surface area contributed by atoms with Crippen LogP contribution in [0.3, 0.4) is 0 Å². The van der Waals surface area contributed by atoms with E-state index in [9.17, 15) is 0 Å². The average molecular weight is 208 g/mol. The van der Waals surface area contributed by atoms with E-state index in [1.165, 1.54) is 57.6 Å². The van der Waals surface area contributed by atoms with E-state index in [2.05, 4.69) is 0 Å². The van der Waals surface area contributed by atoms with Crippen molar-refractivity contribution in [3.63, 3.8) is 0 Å². The highest BCUT2D eigenvalue weighted by Gasteiger charge is 2.12. The van der Waals surface area contributed by atoms with E-state index in [0.717, 1.165) is 12.8 Å². The molecule has 0 aliphatic heterocycles. The van der Waals surface area contributed by atoms with Crippen molar-refractivity contribution >= 4 is 11.9 Å². The highest BCUT2D eigenvalue weighted by atomic mass is 14.5. The van der Waals surface area contributed by atoms with Gasteiger partial charge in [-0.3, -0.25) is 0 Å². The first-order valence-electron chi connectivity index (χ1n) is 6.43. The lowest BCUT2D eigenvalue weighted by Crippen LogP contribution is -2.14. The molecule has 1 aliphatic rings. The van der Waals surface area contributed by atoms with Crippen LogP contribution in [0.25, 0.3) is 0 Å². The largest absolute Gasteiger partial charge is 0.307 e. The lowest BCUT2D eigenvalue weighted by molar-refractivity contribution is 0.513. The van der Waals surface area contributed by atoms with Crippen LogP contribution in [-0.2, 0) is 0 Å². The quantitative estimate of drug-likeness (QED) is 0.639. The van der Waals surface area contributed by atoms with Crippen LogP contribution in [0, 0.1) is 16.7 Å². The number of rotatable bonds is 2. The molecule has 0 aromatic carbocycles. The minimum atomic E-state index is 0.376. The van der Waals surface area contributed by atoms with E-state index >= 15 is 0 Å². The molecule has 2 nitrogen and oxygen atoms in total. The van der Waals surface area contributed by atoms with Crippen LogP contribution in [0.2, 0.25) is 0 Å². The SMILES string of the molecule is N=CC(=N)C1CCCCCCCCCC1. The lowest BCUT2D eigenvalue weighted by Gasteiger charge is -2.14. The predicted octanol–water partition coefficient (Wildman–Crippen LogP) is 4.19. The summed E-state index contributed by atoms with van der Waals surface area (Å²) in [6, 6.07) is 0. The van der Waals surface area contributed by atoms with Crippen molar-refractivity contribution in [2.75, 3.05) is 0 Å². The molecule has 1 aliphatic carbocycles. The van der Waals surface area contributed by atoms with Gasteiger partial charge < -0.3 is 10.8 Å². The Kier molecular flexibility index (Phi) is 6.29. The number of hydrogen-bond donors (Lipinski definition) is 2. The predicted molar refractivity (Wildman–Crippen MR) is 66.2 cm³/mol. The van der Waals surface area contributed by atoms with Gasteiger partial charge in [0.1, 0.15) is 0 Å². The Morgan fingerprint density at radius 1 is 0.800 bits per heavy atom. The minimum absolute atomic E-state index is 0.376. The van der Waals surface area contributed by atoms with Gasteiger partial charge in [-0.2, -0.15) is 0 Å². The van der Waals surface area contributed by atoms with Gasteiger partial charge in [0.2, 0.25) is 0 Å². The topological polar surface area (TPSA) is 47.7 Å². The van der Waals surface area contributed by atoms with Crippen LogP contribution in [0.4, 0.5) is 0 Å². The molecular weight excluding hydrogens is 184 g/mol. The molecular formula is C13H24N2. The fourth-order valence-corrected chi connectivity index (χ4v) is 2.42. The molecule has 1 saturated carbocycles. The van der Waals surface area contributed by atoms with E-state index in [1.807, 2.05) is 0 Å². The van der Waals surface area contributed by atoms with Crippen LogP contribution >= 0.6 is 0 Å². The van der Waals surface area contributed by atoms with Crippen molar-refractivity contribution in [2.24, 2.45) is 5.92 Å². The molecule has 0 aromatic rings. The van der Waals surface area contributed by atoms with E-state index < -0.39 is 0 Å². The average Bonchev–Trinajstić information content (AvgIpc) is 2.32. The van der Waals surface area contributed by atoms with E-state index in [0.29, 0.717) is 11.6 Å². The Bertz CT molecular complexity index is 187. The Morgan fingerprint density at radius 3 is 1.60 bits per heavy atom. The summed E-state index contributed by atoms with van der Waals surface area (Å²) in [5, 5.41) is 14.9. The molecule has 0 unspecified atom stereocenters. The Morgan fingerprint density at radius 2 is 1.20 bits per heavy atom. The van der Waals surface area contributed by atoms with Crippen molar-refractivity contribution in [3.8, 4) is 0 Å². The fraction of sp³-hybridized carbons (Fsp3) is 0.846. The number of nitrogens with one attached hydrogen (secondary N) is 2. The second-order valence-electron chi connectivity index (χ2n) is 4.70. The zero-order valence-electron chi connectivity index (χ0n) is 9.73. The third-order valence-corrected chi connectivity index (χ3v) is 3.45. The molecule has 0 atom stereocenters. The maximum Gasteiger partial charge on any atom is 0.0520 e. The highest BCUT2D eigenvalue weighted by Crippen LogP contribution is 2.21. The maximum absolute atomic E-state index is 7.74. The van der Waals surface area contributed by atoms with E-state index in [4.69, 9.17) is 10.8 Å². The van der Waals surface area contributed by atoms with Gasteiger partial charge in [0.05, 0.1) is 5.71 Å². The maximum atomic E-state index is 7.74. The molecule has 1 rings (SSSR count). The number of hydrogen-bond acceptors (Lipinski definition) is 2. The van der Waals surface area contributed by atoms with Crippen LogP contribution in [0.1, 0.15) is 64.2 Å². The zero-order valence-corrected chi connectivity index (χ0v) is 9.73. The first-order chi connectivity index (χ1) is 7.34. The first-order valence-corrected chi connectivity index (χ1v) is 6.43. The van der Waals surface area contributed by atoms with Gasteiger partial charge in [0, 0.05) is 12.1 Å². The third kappa shape index (κ3) is 5.10. The first kappa shape index (κ1) is 12.4. The third-order valence-electron chi connectivity index (χ3n) is 3.45. The van der Waals surface area contributed by atoms with Crippen LogP contribution in [0.15, 0.2) is 0 Å². The van der Waals surface area contributed by atoms with Crippen molar-refractivity contribution in [1.29, 1.82) is 10.8 Å². The van der Waals surface area contributed by atoms with Crippen molar-refractivity contribution in [3.05, 3.63) is 0 Å². The summed E-state index contributed by atoms with van der Waals surface area (Å²) in [6.45, 7) is 0. The molecule has 0 aromatic heterocycles. The Balaban J connectivity index is 2.38. The van der Waals surface area contributed by atoms with Gasteiger partial charge in [-0.1, -0.05) is 51.4 Å². The zero-order chi connectivity index (χ0) is 10.9. The summed E-state index contributed by atoms with van der Waals surface area (Å²) in [4.78, 5) is 0. The minimum Gasteiger partial charge on any atom is -0.307 e. The lowest BCUT2D eigenvalue weighted by atomic mass is 9.91. The summed E-state index contributed by atoms with van der Waals surface area (Å²) in [7, 11) is 0. The molecule has 1 fully saturated rings. The monoisotopic (exact) mass is 208 g/mol. The molecule has 0 radical (unpaired) electrons. The molecule has 0 bridgehead atoms. The summed E-state index contributed by atoms with van der Waals surface area (Å²) in [5.41, 5.74) is 0.550. The van der Waals surface area contributed by atoms with Gasteiger partial charge in [-0.05, 0) is 12.8 Å². The molecule has 86 valence electrons. The Hall–Kier alpha value is -0.660. The van der Waals surface area contributed by atoms with Crippen LogP contribution in [0.5, 0.6) is 0 Å². The van der Waals surface area contributed by atoms with Gasteiger partial charge in [0.15, 0.2) is 0 Å². The van der Waals surface area contributed by atoms with E-state index in [-0.39, 0.29) is 0 Å².